The zero-order chi connectivity index (χ0) is 11.3. The summed E-state index contributed by atoms with van der Waals surface area (Å²) in [4.78, 5) is 15.8. The molecule has 0 amide bonds. The van der Waals surface area contributed by atoms with E-state index < -0.39 is 12.1 Å². The van der Waals surface area contributed by atoms with Gasteiger partial charge < -0.3 is 14.6 Å². The molecule has 6 heteroatoms. The quantitative estimate of drug-likeness (QED) is 0.788. The maximum absolute atomic E-state index is 10.8. The van der Waals surface area contributed by atoms with Gasteiger partial charge >= 0.3 is 5.97 Å². The van der Waals surface area contributed by atoms with Crippen molar-refractivity contribution in [1.82, 2.24) is 4.98 Å². The summed E-state index contributed by atoms with van der Waals surface area (Å²) in [6.45, 7) is 0. The molecule has 0 radical (unpaired) electrons. The van der Waals surface area contributed by atoms with Crippen LogP contribution in [0.3, 0.4) is 0 Å². The van der Waals surface area contributed by atoms with Crippen LogP contribution in [0.5, 0.6) is 0 Å². The highest BCUT2D eigenvalue weighted by atomic mass is 32.1. The first kappa shape index (κ1) is 9.56. The van der Waals surface area contributed by atoms with Crippen molar-refractivity contribution in [3.05, 3.63) is 27.8 Å². The van der Waals surface area contributed by atoms with Crippen LogP contribution >= 0.6 is 11.3 Å². The number of carbonyl (C=O) groups is 1. The third-order valence-corrected chi connectivity index (χ3v) is 3.42. The molecule has 1 aliphatic rings. The summed E-state index contributed by atoms with van der Waals surface area (Å²) in [5.74, 6) is -0.921. The standard InChI is InChI=1S/C10H7NO4S/c12-5-2-7-8(11-3-16-7)9-4(5)1-6(15-9)10(13)14/h1,3,5,12H,2H2,(H,13,14). The average molecular weight is 237 g/mol. The smallest absolute Gasteiger partial charge is 0.371 e. The Kier molecular flexibility index (Phi) is 1.89. The number of carboxylic acids is 1. The van der Waals surface area contributed by atoms with Gasteiger partial charge in [0.05, 0.1) is 11.6 Å². The van der Waals surface area contributed by atoms with Gasteiger partial charge in [-0.1, -0.05) is 0 Å². The molecule has 2 aromatic rings. The van der Waals surface area contributed by atoms with Crippen molar-refractivity contribution in [3.8, 4) is 11.5 Å². The third-order valence-electron chi connectivity index (χ3n) is 2.57. The van der Waals surface area contributed by atoms with Gasteiger partial charge in [0.25, 0.3) is 0 Å². The van der Waals surface area contributed by atoms with Crippen LogP contribution in [-0.2, 0) is 6.42 Å². The van der Waals surface area contributed by atoms with Crippen LogP contribution in [0.4, 0.5) is 0 Å². The SMILES string of the molecule is O=C(O)c1cc2c(o1)-c1ncsc1CC2O. The van der Waals surface area contributed by atoms with Crippen LogP contribution in [0, 0.1) is 0 Å². The Balaban J connectivity index is 2.23. The molecule has 1 atom stereocenters. The number of hydrogen-bond donors (Lipinski definition) is 2. The zero-order valence-electron chi connectivity index (χ0n) is 8.01. The molecule has 0 saturated heterocycles. The molecule has 2 aromatic heterocycles. The number of thiazole rings is 1. The number of aliphatic hydroxyl groups excluding tert-OH is 1. The van der Waals surface area contributed by atoms with Gasteiger partial charge in [-0.15, -0.1) is 11.3 Å². The van der Waals surface area contributed by atoms with Crippen molar-refractivity contribution in [2.75, 3.05) is 0 Å². The molecule has 2 heterocycles. The summed E-state index contributed by atoms with van der Waals surface area (Å²) in [5, 5.41) is 18.7. The molecule has 5 nitrogen and oxygen atoms in total. The van der Waals surface area contributed by atoms with Gasteiger partial charge in [0.15, 0.2) is 5.76 Å². The first-order valence-electron chi connectivity index (χ1n) is 4.64. The van der Waals surface area contributed by atoms with Gasteiger partial charge in [-0.05, 0) is 6.07 Å². The van der Waals surface area contributed by atoms with E-state index in [0.717, 1.165) is 4.88 Å². The predicted molar refractivity (Wildman–Crippen MR) is 55.4 cm³/mol. The van der Waals surface area contributed by atoms with Crippen molar-refractivity contribution in [2.24, 2.45) is 0 Å². The molecule has 16 heavy (non-hydrogen) atoms. The summed E-state index contributed by atoms with van der Waals surface area (Å²) < 4.78 is 5.21. The van der Waals surface area contributed by atoms with Crippen LogP contribution in [0.1, 0.15) is 27.1 Å². The molecule has 0 spiro atoms. The van der Waals surface area contributed by atoms with Crippen molar-refractivity contribution in [2.45, 2.75) is 12.5 Å². The van der Waals surface area contributed by atoms with Gasteiger partial charge in [0.1, 0.15) is 5.69 Å². The maximum atomic E-state index is 10.8. The normalized spacial score (nSPS) is 17.9. The number of hydrogen-bond acceptors (Lipinski definition) is 5. The average Bonchev–Trinajstić information content (AvgIpc) is 2.80. The highest BCUT2D eigenvalue weighted by Gasteiger charge is 2.30. The number of carboxylic acid groups (broad SMARTS) is 1. The summed E-state index contributed by atoms with van der Waals surface area (Å²) in [6.07, 6.45) is -0.245. The highest BCUT2D eigenvalue weighted by Crippen LogP contribution is 2.41. The first-order valence-corrected chi connectivity index (χ1v) is 5.52. The van der Waals surface area contributed by atoms with E-state index in [-0.39, 0.29) is 5.76 Å². The minimum Gasteiger partial charge on any atom is -0.475 e. The van der Waals surface area contributed by atoms with Gasteiger partial charge in [-0.2, -0.15) is 0 Å². The molecular formula is C10H7NO4S. The molecule has 0 aliphatic heterocycles. The Morgan fingerprint density at radius 2 is 2.44 bits per heavy atom. The maximum Gasteiger partial charge on any atom is 0.371 e. The fourth-order valence-corrected chi connectivity index (χ4v) is 2.63. The van der Waals surface area contributed by atoms with Crippen LogP contribution in [0.25, 0.3) is 11.5 Å². The number of rotatable bonds is 1. The molecular weight excluding hydrogens is 230 g/mol. The number of aromatic carboxylic acids is 1. The second-order valence-electron chi connectivity index (χ2n) is 3.54. The Labute approximate surface area is 94.0 Å². The molecule has 1 unspecified atom stereocenters. The van der Waals surface area contributed by atoms with Crippen molar-refractivity contribution >= 4 is 17.3 Å². The van der Waals surface area contributed by atoms with Crippen molar-refractivity contribution in [3.63, 3.8) is 0 Å². The molecule has 0 aromatic carbocycles. The largest absolute Gasteiger partial charge is 0.475 e. The number of aliphatic hydroxyl groups is 1. The third kappa shape index (κ3) is 1.20. The van der Waals surface area contributed by atoms with E-state index in [2.05, 4.69) is 4.98 Å². The lowest BCUT2D eigenvalue weighted by Gasteiger charge is -2.14. The molecule has 0 fully saturated rings. The van der Waals surface area contributed by atoms with E-state index >= 15 is 0 Å². The lowest BCUT2D eigenvalue weighted by atomic mass is 9.98. The lowest BCUT2D eigenvalue weighted by molar-refractivity contribution is 0.0663. The van der Waals surface area contributed by atoms with Gasteiger partial charge in [0, 0.05) is 16.9 Å². The van der Waals surface area contributed by atoms with Crippen molar-refractivity contribution < 1.29 is 19.4 Å². The highest BCUT2D eigenvalue weighted by molar-refractivity contribution is 7.10. The topological polar surface area (TPSA) is 83.6 Å². The molecule has 1 aliphatic carbocycles. The molecule has 3 rings (SSSR count). The Hall–Kier alpha value is -1.66. The van der Waals surface area contributed by atoms with Crippen LogP contribution in [0.2, 0.25) is 0 Å². The van der Waals surface area contributed by atoms with Gasteiger partial charge in [-0.25, -0.2) is 9.78 Å². The number of fused-ring (bicyclic) bond motifs is 3. The molecule has 0 saturated carbocycles. The van der Waals surface area contributed by atoms with Crippen LogP contribution < -0.4 is 0 Å². The summed E-state index contributed by atoms with van der Waals surface area (Å²) in [5.41, 5.74) is 2.82. The Morgan fingerprint density at radius 1 is 1.62 bits per heavy atom. The lowest BCUT2D eigenvalue weighted by Crippen LogP contribution is -2.06. The van der Waals surface area contributed by atoms with Crippen LogP contribution in [-0.4, -0.2) is 21.2 Å². The summed E-state index contributed by atoms with van der Waals surface area (Å²) in [6, 6.07) is 1.37. The Bertz CT molecular complexity index is 571. The number of nitrogens with zero attached hydrogens (tertiary/aromatic N) is 1. The van der Waals surface area contributed by atoms with E-state index in [0.29, 0.717) is 23.4 Å². The van der Waals surface area contributed by atoms with Gasteiger partial charge in [-0.3, -0.25) is 0 Å². The summed E-state index contributed by atoms with van der Waals surface area (Å²) >= 11 is 1.43. The minimum atomic E-state index is -1.14. The molecule has 82 valence electrons. The summed E-state index contributed by atoms with van der Waals surface area (Å²) in [7, 11) is 0. The number of furan rings is 1. The predicted octanol–water partition coefficient (Wildman–Crippen LogP) is 1.69. The van der Waals surface area contributed by atoms with E-state index in [1.54, 1.807) is 5.51 Å². The minimum absolute atomic E-state index is 0.162. The van der Waals surface area contributed by atoms with Crippen LogP contribution in [0.15, 0.2) is 16.0 Å². The van der Waals surface area contributed by atoms with Crippen molar-refractivity contribution in [1.29, 1.82) is 0 Å². The second-order valence-corrected chi connectivity index (χ2v) is 4.48. The van der Waals surface area contributed by atoms with E-state index in [4.69, 9.17) is 9.52 Å². The number of aromatic nitrogens is 1. The molecule has 0 bridgehead atoms. The fourth-order valence-electron chi connectivity index (χ4n) is 1.83. The molecule has 2 N–H and O–H groups in total. The second kappa shape index (κ2) is 3.16. The fraction of sp³-hybridized carbons (Fsp3) is 0.200. The Morgan fingerprint density at radius 3 is 3.19 bits per heavy atom. The van der Waals surface area contributed by atoms with E-state index in [1.807, 2.05) is 0 Å². The van der Waals surface area contributed by atoms with Gasteiger partial charge in [0.2, 0.25) is 5.76 Å². The monoisotopic (exact) mass is 237 g/mol. The van der Waals surface area contributed by atoms with E-state index in [1.165, 1.54) is 17.4 Å². The first-order chi connectivity index (χ1) is 7.66. The van der Waals surface area contributed by atoms with E-state index in [9.17, 15) is 9.90 Å². The zero-order valence-corrected chi connectivity index (χ0v) is 8.82.